The van der Waals surface area contributed by atoms with E-state index in [1.54, 1.807) is 23.1 Å². The average Bonchev–Trinajstić information content (AvgIpc) is 3.10. The lowest BCUT2D eigenvalue weighted by atomic mass is 10.1. The van der Waals surface area contributed by atoms with E-state index in [1.165, 1.54) is 10.4 Å². The molecule has 2 heterocycles. The molecule has 0 saturated carbocycles. The van der Waals surface area contributed by atoms with E-state index >= 15 is 0 Å². The first-order valence-electron chi connectivity index (χ1n) is 8.61. The maximum atomic E-state index is 12.8. The maximum Gasteiger partial charge on any atom is 0.253 e. The number of piperazine rings is 1. The van der Waals surface area contributed by atoms with Gasteiger partial charge < -0.3 is 9.64 Å². The molecule has 0 bridgehead atoms. The van der Waals surface area contributed by atoms with Crippen LogP contribution >= 0.6 is 22.9 Å². The van der Waals surface area contributed by atoms with E-state index in [4.69, 9.17) is 16.3 Å². The lowest BCUT2D eigenvalue weighted by molar-refractivity contribution is 0.0698. The van der Waals surface area contributed by atoms with E-state index in [1.807, 2.05) is 19.9 Å². The number of amides is 1. The number of nitrogens with zero attached hydrogens (tertiary/aromatic N) is 2. The number of benzene rings is 1. The fraction of sp³-hybridized carbons (Fsp3) is 0.389. The fourth-order valence-electron chi connectivity index (χ4n) is 2.98. The molecule has 2 aromatic rings. The molecule has 1 aliphatic heterocycles. The second kappa shape index (κ2) is 8.18. The van der Waals surface area contributed by atoms with Crippen LogP contribution in [0.4, 0.5) is 0 Å². The Balaban J connectivity index is 1.67. The molecule has 3 rings (SSSR count). The first kappa shape index (κ1) is 20.1. The largest absolute Gasteiger partial charge is 0.494 e. The maximum absolute atomic E-state index is 12.8. The predicted molar refractivity (Wildman–Crippen MR) is 106 cm³/mol. The van der Waals surface area contributed by atoms with Crippen molar-refractivity contribution in [2.24, 2.45) is 0 Å². The van der Waals surface area contributed by atoms with Crippen LogP contribution in [0.15, 0.2) is 34.5 Å². The van der Waals surface area contributed by atoms with E-state index < -0.39 is 10.0 Å². The highest BCUT2D eigenvalue weighted by Crippen LogP contribution is 2.29. The number of hydrogen-bond acceptors (Lipinski definition) is 5. The molecular formula is C18H21ClN2O4S2. The van der Waals surface area contributed by atoms with Gasteiger partial charge in [-0.05, 0) is 49.7 Å². The Morgan fingerprint density at radius 1 is 1.19 bits per heavy atom. The molecule has 1 saturated heterocycles. The van der Waals surface area contributed by atoms with Gasteiger partial charge in [0.1, 0.15) is 9.96 Å². The lowest BCUT2D eigenvalue weighted by Crippen LogP contribution is -2.50. The third-order valence-electron chi connectivity index (χ3n) is 4.39. The number of carbonyl (C=O) groups excluding carboxylic acids is 1. The molecule has 1 aromatic heterocycles. The third kappa shape index (κ3) is 4.29. The molecule has 0 aliphatic carbocycles. The highest BCUT2D eigenvalue weighted by atomic mass is 35.5. The second-order valence-corrected chi connectivity index (χ2v) is 10.0. The molecule has 0 atom stereocenters. The molecule has 1 aromatic carbocycles. The summed E-state index contributed by atoms with van der Waals surface area (Å²) < 4.78 is 32.9. The minimum Gasteiger partial charge on any atom is -0.494 e. The number of halogens is 1. The molecule has 1 fully saturated rings. The Morgan fingerprint density at radius 2 is 1.89 bits per heavy atom. The van der Waals surface area contributed by atoms with Gasteiger partial charge in [0.05, 0.1) is 10.9 Å². The second-order valence-electron chi connectivity index (χ2n) is 6.17. The quantitative estimate of drug-likeness (QED) is 0.733. The SMILES string of the molecule is CCOc1ccc(C(=O)N2CCN(S(=O)(=O)c3ccc(Cl)s3)CC2)cc1C. The molecule has 0 N–H and O–H groups in total. The van der Waals surface area contributed by atoms with E-state index in [0.29, 0.717) is 29.6 Å². The van der Waals surface area contributed by atoms with Crippen LogP contribution in [0.3, 0.4) is 0 Å². The van der Waals surface area contributed by atoms with Gasteiger partial charge in [-0.15, -0.1) is 11.3 Å². The number of aryl methyl sites for hydroxylation is 1. The summed E-state index contributed by atoms with van der Waals surface area (Å²) in [6.45, 7) is 5.61. The van der Waals surface area contributed by atoms with Crippen LogP contribution in [0.25, 0.3) is 0 Å². The zero-order valence-electron chi connectivity index (χ0n) is 15.1. The van der Waals surface area contributed by atoms with Crippen molar-refractivity contribution in [1.29, 1.82) is 0 Å². The van der Waals surface area contributed by atoms with E-state index in [0.717, 1.165) is 22.6 Å². The zero-order chi connectivity index (χ0) is 19.6. The van der Waals surface area contributed by atoms with Crippen molar-refractivity contribution in [3.05, 3.63) is 45.8 Å². The van der Waals surface area contributed by atoms with Gasteiger partial charge in [-0.25, -0.2) is 8.42 Å². The first-order valence-corrected chi connectivity index (χ1v) is 11.2. The number of rotatable bonds is 5. The zero-order valence-corrected chi connectivity index (χ0v) is 17.5. The topological polar surface area (TPSA) is 66.9 Å². The minimum atomic E-state index is -3.56. The molecule has 1 amide bonds. The highest BCUT2D eigenvalue weighted by Gasteiger charge is 2.31. The summed E-state index contributed by atoms with van der Waals surface area (Å²) in [6.07, 6.45) is 0. The van der Waals surface area contributed by atoms with Gasteiger partial charge in [0.25, 0.3) is 15.9 Å². The van der Waals surface area contributed by atoms with Crippen molar-refractivity contribution in [2.45, 2.75) is 18.1 Å². The van der Waals surface area contributed by atoms with Crippen molar-refractivity contribution in [3.63, 3.8) is 0 Å². The third-order valence-corrected chi connectivity index (χ3v) is 7.99. The number of sulfonamides is 1. The van der Waals surface area contributed by atoms with Gasteiger partial charge in [0, 0.05) is 31.7 Å². The number of carbonyl (C=O) groups is 1. The van der Waals surface area contributed by atoms with Crippen LogP contribution in [0, 0.1) is 6.92 Å². The van der Waals surface area contributed by atoms with Crippen LogP contribution in [0.2, 0.25) is 4.34 Å². The minimum absolute atomic E-state index is 0.0997. The van der Waals surface area contributed by atoms with Crippen LogP contribution in [0.1, 0.15) is 22.8 Å². The van der Waals surface area contributed by atoms with E-state index in [9.17, 15) is 13.2 Å². The van der Waals surface area contributed by atoms with Gasteiger partial charge in [-0.1, -0.05) is 11.6 Å². The summed E-state index contributed by atoms with van der Waals surface area (Å²) in [7, 11) is -3.56. The summed E-state index contributed by atoms with van der Waals surface area (Å²) >= 11 is 6.90. The first-order chi connectivity index (χ1) is 12.8. The average molecular weight is 429 g/mol. The number of thiophene rings is 1. The number of hydrogen-bond donors (Lipinski definition) is 0. The lowest BCUT2D eigenvalue weighted by Gasteiger charge is -2.33. The summed E-state index contributed by atoms with van der Waals surface area (Å²) in [6, 6.07) is 8.45. The normalized spacial score (nSPS) is 15.7. The van der Waals surface area contributed by atoms with Gasteiger partial charge in [-0.2, -0.15) is 4.31 Å². The Hall–Kier alpha value is -1.61. The highest BCUT2D eigenvalue weighted by molar-refractivity contribution is 7.91. The number of ether oxygens (including phenoxy) is 1. The summed E-state index contributed by atoms with van der Waals surface area (Å²) in [4.78, 5) is 14.4. The molecule has 27 heavy (non-hydrogen) atoms. The van der Waals surface area contributed by atoms with Crippen LogP contribution in [0.5, 0.6) is 5.75 Å². The van der Waals surface area contributed by atoms with Gasteiger partial charge in [0.15, 0.2) is 0 Å². The summed E-state index contributed by atoms with van der Waals surface area (Å²) in [5.41, 5.74) is 1.48. The van der Waals surface area contributed by atoms with Crippen molar-refractivity contribution in [3.8, 4) is 5.75 Å². The van der Waals surface area contributed by atoms with E-state index in [-0.39, 0.29) is 23.2 Å². The molecular weight excluding hydrogens is 408 g/mol. The molecule has 1 aliphatic rings. The predicted octanol–water partition coefficient (Wildman–Crippen LogP) is 3.26. The molecule has 0 radical (unpaired) electrons. The van der Waals surface area contributed by atoms with E-state index in [2.05, 4.69) is 0 Å². The molecule has 146 valence electrons. The van der Waals surface area contributed by atoms with Crippen LogP contribution < -0.4 is 4.74 Å². The monoisotopic (exact) mass is 428 g/mol. The van der Waals surface area contributed by atoms with Gasteiger partial charge in [-0.3, -0.25) is 4.79 Å². The van der Waals surface area contributed by atoms with Crippen molar-refractivity contribution < 1.29 is 17.9 Å². The van der Waals surface area contributed by atoms with Gasteiger partial charge in [0.2, 0.25) is 0 Å². The van der Waals surface area contributed by atoms with Crippen molar-refractivity contribution in [2.75, 3.05) is 32.8 Å². The van der Waals surface area contributed by atoms with Gasteiger partial charge >= 0.3 is 0 Å². The fourth-order valence-corrected chi connectivity index (χ4v) is 6.04. The Kier molecular flexibility index (Phi) is 6.10. The molecule has 6 nitrogen and oxygen atoms in total. The smallest absolute Gasteiger partial charge is 0.253 e. The summed E-state index contributed by atoms with van der Waals surface area (Å²) in [5.74, 6) is 0.664. The summed E-state index contributed by atoms with van der Waals surface area (Å²) in [5, 5.41) is 0. The Morgan fingerprint density at radius 3 is 2.44 bits per heavy atom. The van der Waals surface area contributed by atoms with Crippen LogP contribution in [-0.2, 0) is 10.0 Å². The van der Waals surface area contributed by atoms with Crippen molar-refractivity contribution in [1.82, 2.24) is 9.21 Å². The van der Waals surface area contributed by atoms with Crippen LogP contribution in [-0.4, -0.2) is 56.3 Å². The Bertz CT molecular complexity index is 935. The Labute approximate surface area is 168 Å². The standard InChI is InChI=1S/C18H21ClN2O4S2/c1-3-25-15-5-4-14(12-13(15)2)18(22)20-8-10-21(11-9-20)27(23,24)17-7-6-16(19)26-17/h4-7,12H,3,8-11H2,1-2H3. The molecule has 0 unspecified atom stereocenters. The molecule has 9 heteroatoms. The van der Waals surface area contributed by atoms with Crippen molar-refractivity contribution >= 4 is 38.9 Å². The molecule has 0 spiro atoms.